The van der Waals surface area contributed by atoms with Gasteiger partial charge in [-0.1, -0.05) is 30.4 Å². The van der Waals surface area contributed by atoms with Gasteiger partial charge in [0.1, 0.15) is 5.76 Å². The summed E-state index contributed by atoms with van der Waals surface area (Å²) >= 11 is 5.96. The molecule has 2 rings (SSSR count). The Kier molecular flexibility index (Phi) is 5.04. The molecule has 21 heavy (non-hydrogen) atoms. The van der Waals surface area contributed by atoms with E-state index in [4.69, 9.17) is 21.8 Å². The number of benzene rings is 1. The molecule has 1 amide bonds. The summed E-state index contributed by atoms with van der Waals surface area (Å²) < 4.78 is 5.42. The standard InChI is InChI=1S/C16H15ClN2O2/c1-2-13-7-8-15(21-13)16(20)19-14-10-12(17)6-5-11(14)4-3-9-18/h5-8,10H,2,9,18H2,1H3,(H,19,20). The summed E-state index contributed by atoms with van der Waals surface area (Å²) in [5, 5.41) is 3.26. The van der Waals surface area contributed by atoms with Crippen molar-refractivity contribution < 1.29 is 9.21 Å². The van der Waals surface area contributed by atoms with E-state index in [2.05, 4.69) is 17.2 Å². The van der Waals surface area contributed by atoms with Gasteiger partial charge in [-0.05, 0) is 30.3 Å². The van der Waals surface area contributed by atoms with Crippen LogP contribution < -0.4 is 11.1 Å². The number of carbonyl (C=O) groups is 1. The van der Waals surface area contributed by atoms with Gasteiger partial charge in [0.05, 0.1) is 12.2 Å². The van der Waals surface area contributed by atoms with Crippen molar-refractivity contribution in [3.05, 3.63) is 52.4 Å². The molecule has 1 aromatic heterocycles. The minimum atomic E-state index is -0.340. The number of amides is 1. The molecule has 0 saturated heterocycles. The van der Waals surface area contributed by atoms with Crippen LogP contribution in [0, 0.1) is 11.8 Å². The van der Waals surface area contributed by atoms with Gasteiger partial charge in [0.2, 0.25) is 0 Å². The lowest BCUT2D eigenvalue weighted by Gasteiger charge is -2.06. The van der Waals surface area contributed by atoms with Gasteiger partial charge in [0.15, 0.2) is 5.76 Å². The van der Waals surface area contributed by atoms with E-state index in [0.717, 1.165) is 12.2 Å². The molecule has 0 radical (unpaired) electrons. The molecule has 4 nitrogen and oxygen atoms in total. The number of rotatable bonds is 3. The molecule has 0 unspecified atom stereocenters. The van der Waals surface area contributed by atoms with Crippen LogP contribution in [-0.4, -0.2) is 12.5 Å². The van der Waals surface area contributed by atoms with Crippen molar-refractivity contribution in [2.75, 3.05) is 11.9 Å². The van der Waals surface area contributed by atoms with E-state index in [1.54, 1.807) is 30.3 Å². The molecule has 0 aliphatic rings. The van der Waals surface area contributed by atoms with E-state index in [1.165, 1.54) is 0 Å². The van der Waals surface area contributed by atoms with Crippen molar-refractivity contribution >= 4 is 23.2 Å². The van der Waals surface area contributed by atoms with E-state index >= 15 is 0 Å². The van der Waals surface area contributed by atoms with Crippen molar-refractivity contribution in [3.8, 4) is 11.8 Å². The second kappa shape index (κ2) is 6.98. The first-order chi connectivity index (χ1) is 10.1. The van der Waals surface area contributed by atoms with Gasteiger partial charge in [-0.2, -0.15) is 0 Å². The number of carbonyl (C=O) groups excluding carboxylic acids is 1. The largest absolute Gasteiger partial charge is 0.456 e. The zero-order chi connectivity index (χ0) is 15.2. The van der Waals surface area contributed by atoms with Crippen LogP contribution in [0.1, 0.15) is 28.8 Å². The van der Waals surface area contributed by atoms with Crippen LogP contribution in [-0.2, 0) is 6.42 Å². The Hall–Kier alpha value is -2.22. The minimum Gasteiger partial charge on any atom is -0.456 e. The van der Waals surface area contributed by atoms with Crippen LogP contribution in [0.25, 0.3) is 0 Å². The van der Waals surface area contributed by atoms with E-state index in [-0.39, 0.29) is 18.2 Å². The van der Waals surface area contributed by atoms with Crippen LogP contribution in [0.3, 0.4) is 0 Å². The molecule has 0 spiro atoms. The maximum atomic E-state index is 12.2. The van der Waals surface area contributed by atoms with Gasteiger partial charge in [-0.25, -0.2) is 0 Å². The highest BCUT2D eigenvalue weighted by Gasteiger charge is 2.13. The van der Waals surface area contributed by atoms with E-state index in [1.807, 2.05) is 6.92 Å². The lowest BCUT2D eigenvalue weighted by atomic mass is 10.1. The van der Waals surface area contributed by atoms with E-state index in [9.17, 15) is 4.79 Å². The zero-order valence-corrected chi connectivity index (χ0v) is 12.3. The monoisotopic (exact) mass is 302 g/mol. The molecule has 0 atom stereocenters. The third kappa shape index (κ3) is 3.88. The second-order valence-electron chi connectivity index (χ2n) is 4.27. The van der Waals surface area contributed by atoms with Gasteiger partial charge in [0, 0.05) is 17.0 Å². The molecule has 1 aromatic carbocycles. The predicted molar refractivity (Wildman–Crippen MR) is 83.4 cm³/mol. The SMILES string of the molecule is CCc1ccc(C(=O)Nc2cc(Cl)ccc2C#CCN)o1. The summed E-state index contributed by atoms with van der Waals surface area (Å²) in [4.78, 5) is 12.2. The van der Waals surface area contributed by atoms with Crippen molar-refractivity contribution in [1.29, 1.82) is 0 Å². The van der Waals surface area contributed by atoms with Gasteiger partial charge in [-0.3, -0.25) is 4.79 Å². The fourth-order valence-corrected chi connectivity index (χ4v) is 1.92. The number of hydrogen-bond acceptors (Lipinski definition) is 3. The number of hydrogen-bond donors (Lipinski definition) is 2. The average molecular weight is 303 g/mol. The Morgan fingerprint density at radius 3 is 2.86 bits per heavy atom. The number of nitrogens with two attached hydrogens (primary N) is 1. The predicted octanol–water partition coefficient (Wildman–Crippen LogP) is 3.06. The zero-order valence-electron chi connectivity index (χ0n) is 11.6. The third-order valence-corrected chi connectivity index (χ3v) is 3.02. The van der Waals surface area contributed by atoms with Crippen LogP contribution >= 0.6 is 11.6 Å². The van der Waals surface area contributed by atoms with Crippen LogP contribution in [0.15, 0.2) is 34.7 Å². The minimum absolute atomic E-state index is 0.244. The maximum absolute atomic E-state index is 12.2. The number of nitrogens with one attached hydrogen (secondary N) is 1. The van der Waals surface area contributed by atoms with Gasteiger partial charge < -0.3 is 15.5 Å². The molecular weight excluding hydrogens is 288 g/mol. The van der Waals surface area contributed by atoms with Crippen molar-refractivity contribution in [2.24, 2.45) is 5.73 Å². The first kappa shape index (κ1) is 15.2. The highest BCUT2D eigenvalue weighted by atomic mass is 35.5. The molecule has 5 heteroatoms. The van der Waals surface area contributed by atoms with Crippen molar-refractivity contribution in [1.82, 2.24) is 0 Å². The topological polar surface area (TPSA) is 68.3 Å². The summed E-state index contributed by atoms with van der Waals surface area (Å²) in [5.74, 6) is 6.32. The van der Waals surface area contributed by atoms with E-state index < -0.39 is 0 Å². The number of aryl methyl sites for hydroxylation is 1. The van der Waals surface area contributed by atoms with Crippen LogP contribution in [0.2, 0.25) is 5.02 Å². The summed E-state index contributed by atoms with van der Waals surface area (Å²) in [7, 11) is 0. The average Bonchev–Trinajstić information content (AvgIpc) is 2.95. The molecule has 1 heterocycles. The summed E-state index contributed by atoms with van der Waals surface area (Å²) in [6.45, 7) is 2.20. The molecule has 108 valence electrons. The molecule has 0 saturated carbocycles. The van der Waals surface area contributed by atoms with E-state index in [0.29, 0.717) is 16.3 Å². The quantitative estimate of drug-likeness (QED) is 0.856. The fraction of sp³-hybridized carbons (Fsp3) is 0.188. The number of anilines is 1. The molecule has 0 aliphatic heterocycles. The molecule has 2 aromatic rings. The van der Waals surface area contributed by atoms with Gasteiger partial charge in [0.25, 0.3) is 5.91 Å². The van der Waals surface area contributed by atoms with Crippen molar-refractivity contribution in [3.63, 3.8) is 0 Å². The molecule has 3 N–H and O–H groups in total. The van der Waals surface area contributed by atoms with Crippen LogP contribution in [0.4, 0.5) is 5.69 Å². The fourth-order valence-electron chi connectivity index (χ4n) is 1.75. The van der Waals surface area contributed by atoms with Gasteiger partial charge >= 0.3 is 0 Å². The molecule has 0 fully saturated rings. The highest BCUT2D eigenvalue weighted by Crippen LogP contribution is 2.21. The highest BCUT2D eigenvalue weighted by molar-refractivity contribution is 6.31. The maximum Gasteiger partial charge on any atom is 0.291 e. The first-order valence-electron chi connectivity index (χ1n) is 6.52. The summed E-state index contributed by atoms with van der Waals surface area (Å²) in [5.41, 5.74) is 6.55. The van der Waals surface area contributed by atoms with Gasteiger partial charge in [-0.15, -0.1) is 0 Å². The van der Waals surface area contributed by atoms with Crippen LogP contribution in [0.5, 0.6) is 0 Å². The Morgan fingerprint density at radius 1 is 1.38 bits per heavy atom. The third-order valence-electron chi connectivity index (χ3n) is 2.79. The normalized spacial score (nSPS) is 9.86. The molecule has 0 bridgehead atoms. The lowest BCUT2D eigenvalue weighted by molar-refractivity contribution is 0.0995. The van der Waals surface area contributed by atoms with Crippen molar-refractivity contribution in [2.45, 2.75) is 13.3 Å². The smallest absolute Gasteiger partial charge is 0.291 e. The molecular formula is C16H15ClN2O2. The lowest BCUT2D eigenvalue weighted by Crippen LogP contribution is -2.12. The summed E-state index contributed by atoms with van der Waals surface area (Å²) in [6, 6.07) is 8.51. The number of furan rings is 1. The number of halogens is 1. The molecule has 0 aliphatic carbocycles. The summed E-state index contributed by atoms with van der Waals surface area (Å²) in [6.07, 6.45) is 0.734. The first-order valence-corrected chi connectivity index (χ1v) is 6.90. The Bertz CT molecular complexity index is 711. The Labute approximate surface area is 128 Å². The second-order valence-corrected chi connectivity index (χ2v) is 4.71. The Balaban J connectivity index is 2.25. The Morgan fingerprint density at radius 2 is 2.19 bits per heavy atom.